The van der Waals surface area contributed by atoms with Gasteiger partial charge in [0.25, 0.3) is 11.6 Å². The molecule has 1 heterocycles. The van der Waals surface area contributed by atoms with Crippen molar-refractivity contribution in [3.05, 3.63) is 39.4 Å². The van der Waals surface area contributed by atoms with E-state index in [1.807, 2.05) is 6.07 Å². The Morgan fingerprint density at radius 3 is 2.50 bits per heavy atom. The standard InChI is InChI=1S/C21H26N4O3/c22-15-17(21(26)23-18-7-3-1-4-8-18)13-16-14-19(25(27)28)9-10-20(16)24-11-5-2-6-12-24/h9-10,13-14,18H,1-8,11-12H2,(H,23,26)/b17-13+. The summed E-state index contributed by atoms with van der Waals surface area (Å²) in [7, 11) is 0. The average molecular weight is 382 g/mol. The van der Waals surface area contributed by atoms with E-state index < -0.39 is 10.8 Å². The number of nitriles is 1. The Morgan fingerprint density at radius 1 is 1.18 bits per heavy atom. The molecule has 0 atom stereocenters. The molecule has 28 heavy (non-hydrogen) atoms. The minimum atomic E-state index is -0.453. The number of rotatable bonds is 5. The van der Waals surface area contributed by atoms with E-state index in [4.69, 9.17) is 0 Å². The second kappa shape index (κ2) is 9.36. The molecule has 1 N–H and O–H groups in total. The van der Waals surface area contributed by atoms with Crippen molar-refractivity contribution in [1.82, 2.24) is 5.32 Å². The fourth-order valence-electron chi connectivity index (χ4n) is 4.01. The normalized spacial score (nSPS) is 18.4. The summed E-state index contributed by atoms with van der Waals surface area (Å²) in [6, 6.07) is 6.74. The summed E-state index contributed by atoms with van der Waals surface area (Å²) in [6.07, 6.45) is 10.00. The second-order valence-corrected chi connectivity index (χ2v) is 7.53. The third-order valence-electron chi connectivity index (χ3n) is 5.52. The van der Waals surface area contributed by atoms with Gasteiger partial charge in [-0.3, -0.25) is 14.9 Å². The molecule has 0 bridgehead atoms. The van der Waals surface area contributed by atoms with Gasteiger partial charge in [-0.1, -0.05) is 19.3 Å². The number of hydrogen-bond donors (Lipinski definition) is 1. The monoisotopic (exact) mass is 382 g/mol. The molecule has 0 radical (unpaired) electrons. The van der Waals surface area contributed by atoms with Gasteiger partial charge < -0.3 is 10.2 Å². The summed E-state index contributed by atoms with van der Waals surface area (Å²) in [6.45, 7) is 1.74. The third-order valence-corrected chi connectivity index (χ3v) is 5.52. The number of carbonyl (C=O) groups excluding carboxylic acids is 1. The van der Waals surface area contributed by atoms with E-state index in [-0.39, 0.29) is 17.3 Å². The van der Waals surface area contributed by atoms with Gasteiger partial charge in [-0.2, -0.15) is 5.26 Å². The number of benzene rings is 1. The molecule has 7 heteroatoms. The molecule has 0 unspecified atom stereocenters. The largest absolute Gasteiger partial charge is 0.371 e. The van der Waals surface area contributed by atoms with E-state index in [0.717, 1.165) is 57.3 Å². The minimum absolute atomic E-state index is 0.00988. The molecule has 1 aromatic rings. The molecule has 3 rings (SSSR count). The fraction of sp³-hybridized carbons (Fsp3) is 0.524. The summed E-state index contributed by atoms with van der Waals surface area (Å²) in [5, 5.41) is 23.7. The van der Waals surface area contributed by atoms with Crippen molar-refractivity contribution in [2.45, 2.75) is 57.4 Å². The maximum Gasteiger partial charge on any atom is 0.270 e. The molecule has 1 saturated carbocycles. The Kier molecular flexibility index (Phi) is 6.64. The zero-order valence-corrected chi connectivity index (χ0v) is 16.0. The fourth-order valence-corrected chi connectivity index (χ4v) is 4.01. The van der Waals surface area contributed by atoms with Crippen LogP contribution < -0.4 is 10.2 Å². The third kappa shape index (κ3) is 4.89. The van der Waals surface area contributed by atoms with Crippen LogP contribution in [0.15, 0.2) is 23.8 Å². The first-order valence-corrected chi connectivity index (χ1v) is 10.0. The lowest BCUT2D eigenvalue weighted by atomic mass is 9.95. The number of amides is 1. The molecular weight excluding hydrogens is 356 g/mol. The Morgan fingerprint density at radius 2 is 1.86 bits per heavy atom. The number of non-ortho nitro benzene ring substituents is 1. The second-order valence-electron chi connectivity index (χ2n) is 7.53. The van der Waals surface area contributed by atoms with Crippen LogP contribution in [-0.2, 0) is 4.79 Å². The quantitative estimate of drug-likeness (QED) is 0.360. The van der Waals surface area contributed by atoms with Crippen LogP contribution in [0.1, 0.15) is 56.9 Å². The van der Waals surface area contributed by atoms with Gasteiger partial charge in [0, 0.05) is 42.5 Å². The lowest BCUT2D eigenvalue weighted by Gasteiger charge is -2.30. The van der Waals surface area contributed by atoms with Crippen molar-refractivity contribution in [3.63, 3.8) is 0 Å². The van der Waals surface area contributed by atoms with Gasteiger partial charge in [-0.05, 0) is 44.2 Å². The maximum atomic E-state index is 12.6. The van der Waals surface area contributed by atoms with Gasteiger partial charge in [-0.25, -0.2) is 0 Å². The maximum absolute atomic E-state index is 12.6. The lowest BCUT2D eigenvalue weighted by molar-refractivity contribution is -0.384. The molecule has 1 aliphatic heterocycles. The van der Waals surface area contributed by atoms with Crippen LogP contribution in [0, 0.1) is 21.4 Å². The van der Waals surface area contributed by atoms with Crippen molar-refractivity contribution in [3.8, 4) is 6.07 Å². The molecule has 0 aromatic heterocycles. The molecule has 2 aliphatic rings. The number of nitrogens with zero attached hydrogens (tertiary/aromatic N) is 3. The summed E-state index contributed by atoms with van der Waals surface area (Å²) < 4.78 is 0. The summed E-state index contributed by atoms with van der Waals surface area (Å²) in [5.74, 6) is -0.398. The van der Waals surface area contributed by atoms with Gasteiger partial charge in [-0.15, -0.1) is 0 Å². The van der Waals surface area contributed by atoms with Crippen molar-refractivity contribution >= 4 is 23.4 Å². The van der Waals surface area contributed by atoms with E-state index in [2.05, 4.69) is 10.2 Å². The van der Waals surface area contributed by atoms with Crippen LogP contribution in [0.5, 0.6) is 0 Å². The van der Waals surface area contributed by atoms with E-state index >= 15 is 0 Å². The smallest absolute Gasteiger partial charge is 0.270 e. The number of carbonyl (C=O) groups is 1. The van der Waals surface area contributed by atoms with Crippen LogP contribution in [0.25, 0.3) is 6.08 Å². The van der Waals surface area contributed by atoms with Gasteiger partial charge in [0.2, 0.25) is 0 Å². The Labute approximate surface area is 165 Å². The predicted octanol–water partition coefficient (Wildman–Crippen LogP) is 3.94. The average Bonchev–Trinajstić information content (AvgIpc) is 2.73. The number of nitro groups is 1. The van der Waals surface area contributed by atoms with Crippen LogP contribution in [-0.4, -0.2) is 30.0 Å². The van der Waals surface area contributed by atoms with Gasteiger partial charge >= 0.3 is 0 Å². The first-order valence-electron chi connectivity index (χ1n) is 10.0. The van der Waals surface area contributed by atoms with Crippen molar-refractivity contribution in [2.24, 2.45) is 0 Å². The number of piperidine rings is 1. The van der Waals surface area contributed by atoms with E-state index in [0.29, 0.717) is 5.56 Å². The van der Waals surface area contributed by atoms with E-state index in [1.54, 1.807) is 6.07 Å². The summed E-state index contributed by atoms with van der Waals surface area (Å²) in [5.41, 5.74) is 1.33. The zero-order chi connectivity index (χ0) is 19.9. The van der Waals surface area contributed by atoms with E-state index in [1.165, 1.54) is 31.1 Å². The van der Waals surface area contributed by atoms with E-state index in [9.17, 15) is 20.2 Å². The van der Waals surface area contributed by atoms with Crippen LogP contribution in [0.3, 0.4) is 0 Å². The minimum Gasteiger partial charge on any atom is -0.371 e. The summed E-state index contributed by atoms with van der Waals surface area (Å²) in [4.78, 5) is 25.5. The number of nitrogens with one attached hydrogen (secondary N) is 1. The van der Waals surface area contributed by atoms with Crippen LogP contribution in [0.4, 0.5) is 11.4 Å². The first kappa shape index (κ1) is 19.9. The topological polar surface area (TPSA) is 99.3 Å². The van der Waals surface area contributed by atoms with Gasteiger partial charge in [0.05, 0.1) is 4.92 Å². The number of nitro benzene ring substituents is 1. The Hall–Kier alpha value is -2.88. The highest BCUT2D eigenvalue weighted by Gasteiger charge is 2.21. The molecule has 1 amide bonds. The Balaban J connectivity index is 1.89. The van der Waals surface area contributed by atoms with Crippen molar-refractivity contribution in [1.29, 1.82) is 5.26 Å². The first-order chi connectivity index (χ1) is 13.6. The molecule has 0 spiro atoms. The van der Waals surface area contributed by atoms with Crippen LogP contribution in [0.2, 0.25) is 0 Å². The number of anilines is 1. The molecule has 2 fully saturated rings. The predicted molar refractivity (Wildman–Crippen MR) is 108 cm³/mol. The van der Waals surface area contributed by atoms with Gasteiger partial charge in [0.15, 0.2) is 0 Å². The van der Waals surface area contributed by atoms with Crippen molar-refractivity contribution < 1.29 is 9.72 Å². The van der Waals surface area contributed by atoms with Crippen LogP contribution >= 0.6 is 0 Å². The highest BCUT2D eigenvalue weighted by atomic mass is 16.6. The molecule has 1 aliphatic carbocycles. The molecule has 148 valence electrons. The highest BCUT2D eigenvalue weighted by molar-refractivity contribution is 6.02. The molecular formula is C21H26N4O3. The Bertz CT molecular complexity index is 800. The zero-order valence-electron chi connectivity index (χ0n) is 16.0. The van der Waals surface area contributed by atoms with Crippen molar-refractivity contribution in [2.75, 3.05) is 18.0 Å². The SMILES string of the molecule is N#C/C(=C\c1cc([N+](=O)[O-])ccc1N1CCCCC1)C(=O)NC1CCCCC1. The molecule has 1 aromatic carbocycles. The van der Waals surface area contributed by atoms with Gasteiger partial charge in [0.1, 0.15) is 11.6 Å². The molecule has 7 nitrogen and oxygen atoms in total. The lowest BCUT2D eigenvalue weighted by Crippen LogP contribution is -2.36. The number of hydrogen-bond acceptors (Lipinski definition) is 5. The summed E-state index contributed by atoms with van der Waals surface area (Å²) >= 11 is 0. The molecule has 1 saturated heterocycles. The highest BCUT2D eigenvalue weighted by Crippen LogP contribution is 2.30.